The van der Waals surface area contributed by atoms with Crippen molar-refractivity contribution in [1.29, 1.82) is 0 Å². The summed E-state index contributed by atoms with van der Waals surface area (Å²) in [6.07, 6.45) is 9.70. The Morgan fingerprint density at radius 3 is 2.57 bits per heavy atom. The second-order valence-corrected chi connectivity index (χ2v) is 8.47. The Kier molecular flexibility index (Phi) is 4.64. The normalized spacial score (nSPS) is 26.7. The van der Waals surface area contributed by atoms with Crippen molar-refractivity contribution >= 4 is 11.9 Å². The van der Waals surface area contributed by atoms with E-state index in [0.717, 1.165) is 36.0 Å². The zero-order valence-electron chi connectivity index (χ0n) is 16.1. The van der Waals surface area contributed by atoms with Gasteiger partial charge in [-0.25, -0.2) is 4.39 Å². The molecule has 2 aliphatic carbocycles. The Bertz CT molecular complexity index is 911. The van der Waals surface area contributed by atoms with E-state index in [2.05, 4.69) is 4.90 Å². The SMILES string of the molecule is O=C(c1ccc(C2C=Cc3c(F)cccc32)cc1)C1CC[C@H](N2CCCC2)C1. The molecular formula is C25H26FNO. The molecule has 0 bridgehead atoms. The molecule has 3 aliphatic rings. The van der Waals surface area contributed by atoms with Crippen LogP contribution in [0.25, 0.3) is 6.08 Å². The minimum absolute atomic E-state index is 0.0703. The van der Waals surface area contributed by atoms with E-state index < -0.39 is 0 Å². The van der Waals surface area contributed by atoms with Crippen LogP contribution in [0.15, 0.2) is 48.5 Å². The fraction of sp³-hybridized carbons (Fsp3) is 0.400. The minimum atomic E-state index is -0.170. The first-order valence-electron chi connectivity index (χ1n) is 10.6. The van der Waals surface area contributed by atoms with Crippen molar-refractivity contribution in [2.24, 2.45) is 5.92 Å². The minimum Gasteiger partial charge on any atom is -0.300 e. The Hall–Kier alpha value is -2.26. The van der Waals surface area contributed by atoms with Gasteiger partial charge in [0, 0.05) is 29.0 Å². The maximum Gasteiger partial charge on any atom is 0.166 e. The molecule has 1 aliphatic heterocycles. The maximum absolute atomic E-state index is 14.0. The molecule has 144 valence electrons. The fourth-order valence-electron chi connectivity index (χ4n) is 5.31. The number of hydrogen-bond donors (Lipinski definition) is 0. The van der Waals surface area contributed by atoms with Crippen LogP contribution in [0.4, 0.5) is 4.39 Å². The third-order valence-electron chi connectivity index (χ3n) is 6.86. The molecular weight excluding hydrogens is 349 g/mol. The van der Waals surface area contributed by atoms with E-state index in [1.165, 1.54) is 32.0 Å². The van der Waals surface area contributed by atoms with Crippen LogP contribution in [-0.2, 0) is 0 Å². The third-order valence-corrected chi connectivity index (χ3v) is 6.86. The lowest BCUT2D eigenvalue weighted by atomic mass is 9.90. The molecule has 1 saturated carbocycles. The summed E-state index contributed by atoms with van der Waals surface area (Å²) in [5.74, 6) is 0.358. The first-order valence-corrected chi connectivity index (χ1v) is 10.6. The van der Waals surface area contributed by atoms with Gasteiger partial charge in [-0.15, -0.1) is 0 Å². The van der Waals surface area contributed by atoms with Gasteiger partial charge < -0.3 is 4.90 Å². The first kappa shape index (κ1) is 17.8. The van der Waals surface area contributed by atoms with Gasteiger partial charge in [0.1, 0.15) is 5.82 Å². The van der Waals surface area contributed by atoms with Crippen molar-refractivity contribution in [1.82, 2.24) is 4.90 Å². The van der Waals surface area contributed by atoms with Gasteiger partial charge in [0.05, 0.1) is 0 Å². The van der Waals surface area contributed by atoms with E-state index in [0.29, 0.717) is 17.4 Å². The summed E-state index contributed by atoms with van der Waals surface area (Å²) in [5, 5.41) is 0. The highest BCUT2D eigenvalue weighted by atomic mass is 19.1. The lowest BCUT2D eigenvalue weighted by Gasteiger charge is -2.23. The van der Waals surface area contributed by atoms with Gasteiger partial charge >= 0.3 is 0 Å². The molecule has 2 unspecified atom stereocenters. The molecule has 28 heavy (non-hydrogen) atoms. The number of halogens is 1. The number of likely N-dealkylation sites (tertiary alicyclic amines) is 1. The number of carbonyl (C=O) groups excluding carboxylic acids is 1. The average molecular weight is 375 g/mol. The number of fused-ring (bicyclic) bond motifs is 1. The molecule has 0 spiro atoms. The van der Waals surface area contributed by atoms with Gasteiger partial charge in [0.15, 0.2) is 5.78 Å². The van der Waals surface area contributed by atoms with Crippen LogP contribution in [0.5, 0.6) is 0 Å². The van der Waals surface area contributed by atoms with E-state index in [1.807, 2.05) is 42.5 Å². The van der Waals surface area contributed by atoms with Crippen LogP contribution in [0, 0.1) is 11.7 Å². The molecule has 0 amide bonds. The highest BCUT2D eigenvalue weighted by Gasteiger charge is 2.34. The van der Waals surface area contributed by atoms with Crippen molar-refractivity contribution in [2.45, 2.75) is 44.1 Å². The monoisotopic (exact) mass is 375 g/mol. The lowest BCUT2D eigenvalue weighted by molar-refractivity contribution is 0.0916. The Labute approximate surface area is 166 Å². The molecule has 0 radical (unpaired) electrons. The number of rotatable bonds is 4. The van der Waals surface area contributed by atoms with Crippen LogP contribution in [-0.4, -0.2) is 29.8 Å². The fourth-order valence-corrected chi connectivity index (χ4v) is 5.31. The van der Waals surface area contributed by atoms with Crippen LogP contribution in [0.3, 0.4) is 0 Å². The van der Waals surface area contributed by atoms with Crippen molar-refractivity contribution in [3.05, 3.63) is 76.6 Å². The van der Waals surface area contributed by atoms with Gasteiger partial charge in [-0.05, 0) is 62.4 Å². The standard InChI is InChI=1S/C25H26FNO/c26-24-5-3-4-22-21(12-13-23(22)24)17-6-8-18(9-7-17)25(28)19-10-11-20(16-19)27-14-1-2-15-27/h3-9,12-13,19-21H,1-2,10-11,14-16H2/t19?,20-,21?/m0/s1. The van der Waals surface area contributed by atoms with Crippen LogP contribution in [0.2, 0.25) is 0 Å². The molecule has 3 atom stereocenters. The molecule has 2 fully saturated rings. The molecule has 2 aromatic rings. The second-order valence-electron chi connectivity index (χ2n) is 8.47. The highest BCUT2D eigenvalue weighted by molar-refractivity contribution is 5.98. The topological polar surface area (TPSA) is 20.3 Å². The molecule has 0 aromatic heterocycles. The molecule has 2 aromatic carbocycles. The van der Waals surface area contributed by atoms with Crippen molar-refractivity contribution in [3.8, 4) is 0 Å². The molecule has 2 nitrogen and oxygen atoms in total. The van der Waals surface area contributed by atoms with E-state index in [9.17, 15) is 9.18 Å². The van der Waals surface area contributed by atoms with Crippen molar-refractivity contribution < 1.29 is 9.18 Å². The van der Waals surface area contributed by atoms with Crippen LogP contribution < -0.4 is 0 Å². The number of ketones is 1. The predicted molar refractivity (Wildman–Crippen MR) is 110 cm³/mol. The van der Waals surface area contributed by atoms with Crippen LogP contribution >= 0.6 is 0 Å². The number of allylic oxidation sites excluding steroid dienone is 1. The number of nitrogens with zero attached hydrogens (tertiary/aromatic N) is 1. The number of carbonyl (C=O) groups is 1. The lowest BCUT2D eigenvalue weighted by Crippen LogP contribution is -2.30. The smallest absolute Gasteiger partial charge is 0.166 e. The van der Waals surface area contributed by atoms with Gasteiger partial charge in [-0.2, -0.15) is 0 Å². The van der Waals surface area contributed by atoms with Gasteiger partial charge in [0.25, 0.3) is 0 Å². The molecule has 3 heteroatoms. The largest absolute Gasteiger partial charge is 0.300 e. The quantitative estimate of drug-likeness (QED) is 0.664. The summed E-state index contributed by atoms with van der Waals surface area (Å²) in [7, 11) is 0. The number of hydrogen-bond acceptors (Lipinski definition) is 2. The van der Waals surface area contributed by atoms with Crippen LogP contribution in [0.1, 0.15) is 65.1 Å². The highest BCUT2D eigenvalue weighted by Crippen LogP contribution is 2.37. The molecule has 5 rings (SSSR count). The third kappa shape index (κ3) is 3.12. The molecule has 1 heterocycles. The average Bonchev–Trinajstić information content (AvgIpc) is 3.47. The zero-order valence-corrected chi connectivity index (χ0v) is 16.1. The number of Topliss-reactive ketones (excluding diaryl/α,β-unsaturated/α-hetero) is 1. The Morgan fingerprint density at radius 1 is 1.00 bits per heavy atom. The van der Waals surface area contributed by atoms with E-state index in [1.54, 1.807) is 6.07 Å². The summed E-state index contributed by atoms with van der Waals surface area (Å²) in [4.78, 5) is 15.6. The van der Waals surface area contributed by atoms with Crippen molar-refractivity contribution in [3.63, 3.8) is 0 Å². The summed E-state index contributed by atoms with van der Waals surface area (Å²) in [5.41, 5.74) is 3.62. The van der Waals surface area contributed by atoms with Gasteiger partial charge in [-0.3, -0.25) is 4.79 Å². The second kappa shape index (κ2) is 7.29. The van der Waals surface area contributed by atoms with Gasteiger partial charge in [0.2, 0.25) is 0 Å². The molecule has 0 N–H and O–H groups in total. The predicted octanol–water partition coefficient (Wildman–Crippen LogP) is 5.43. The van der Waals surface area contributed by atoms with Gasteiger partial charge in [-0.1, -0.05) is 48.6 Å². The summed E-state index contributed by atoms with van der Waals surface area (Å²) in [6, 6.07) is 13.9. The Balaban J connectivity index is 1.29. The van der Waals surface area contributed by atoms with E-state index in [4.69, 9.17) is 0 Å². The number of benzene rings is 2. The van der Waals surface area contributed by atoms with E-state index in [-0.39, 0.29) is 17.7 Å². The zero-order chi connectivity index (χ0) is 19.1. The van der Waals surface area contributed by atoms with E-state index >= 15 is 0 Å². The molecule has 1 saturated heterocycles. The summed E-state index contributed by atoms with van der Waals surface area (Å²) < 4.78 is 14.0. The first-order chi connectivity index (χ1) is 13.7. The Morgan fingerprint density at radius 2 is 1.79 bits per heavy atom. The summed E-state index contributed by atoms with van der Waals surface area (Å²) in [6.45, 7) is 2.41. The maximum atomic E-state index is 14.0. The summed E-state index contributed by atoms with van der Waals surface area (Å²) >= 11 is 0. The van der Waals surface area contributed by atoms with Crippen molar-refractivity contribution in [2.75, 3.05) is 13.1 Å².